The quantitative estimate of drug-likeness (QED) is 0.649. The maximum absolute atomic E-state index is 12.6. The van der Waals surface area contributed by atoms with E-state index in [1.165, 1.54) is 18.3 Å². The van der Waals surface area contributed by atoms with E-state index >= 15 is 0 Å². The van der Waals surface area contributed by atoms with Gasteiger partial charge < -0.3 is 5.32 Å². The van der Waals surface area contributed by atoms with Gasteiger partial charge in [0.25, 0.3) is 5.91 Å². The molecule has 144 valence electrons. The Labute approximate surface area is 168 Å². The van der Waals surface area contributed by atoms with Gasteiger partial charge >= 0.3 is 0 Å². The molecule has 1 heterocycles. The van der Waals surface area contributed by atoms with Gasteiger partial charge in [0.15, 0.2) is 5.13 Å². The van der Waals surface area contributed by atoms with E-state index in [0.29, 0.717) is 10.7 Å². The topological polar surface area (TPSA) is 71.1 Å². The summed E-state index contributed by atoms with van der Waals surface area (Å²) < 4.78 is 0. The number of anilines is 1. The molecule has 0 saturated carbocycles. The van der Waals surface area contributed by atoms with Crippen LogP contribution in [0, 0.1) is 13.8 Å². The summed E-state index contributed by atoms with van der Waals surface area (Å²) in [6.07, 6.45) is 0. The zero-order valence-corrected chi connectivity index (χ0v) is 17.2. The summed E-state index contributed by atoms with van der Waals surface area (Å²) in [5.74, 6) is -0.198. The summed E-state index contributed by atoms with van der Waals surface area (Å²) in [5.41, 5.74) is 5.37. The monoisotopic (exact) mass is 393 g/mol. The van der Waals surface area contributed by atoms with E-state index in [-0.39, 0.29) is 17.9 Å². The molecule has 0 saturated heterocycles. The van der Waals surface area contributed by atoms with Crippen LogP contribution in [0.5, 0.6) is 0 Å². The Morgan fingerprint density at radius 2 is 1.68 bits per heavy atom. The highest BCUT2D eigenvalue weighted by atomic mass is 32.1. The van der Waals surface area contributed by atoms with Crippen LogP contribution in [0.15, 0.2) is 47.8 Å². The number of nitrogens with one attached hydrogen (secondary N) is 2. The minimum Gasteiger partial charge on any atom is -0.350 e. The summed E-state index contributed by atoms with van der Waals surface area (Å²) in [4.78, 5) is 28.4. The maximum Gasteiger partial charge on any atom is 0.257 e. The highest BCUT2D eigenvalue weighted by molar-refractivity contribution is 7.14. The fourth-order valence-electron chi connectivity index (χ4n) is 3.13. The Kier molecular flexibility index (Phi) is 5.90. The third-order valence-corrected chi connectivity index (χ3v) is 5.32. The number of nitrogens with zero attached hydrogens (tertiary/aromatic N) is 1. The summed E-state index contributed by atoms with van der Waals surface area (Å²) in [6.45, 7) is 7.31. The van der Waals surface area contributed by atoms with Crippen LogP contribution in [-0.4, -0.2) is 16.8 Å². The Hall–Kier alpha value is -2.99. The molecule has 1 aromatic heterocycles. The first-order chi connectivity index (χ1) is 13.3. The summed E-state index contributed by atoms with van der Waals surface area (Å²) in [6, 6.07) is 13.7. The van der Waals surface area contributed by atoms with Gasteiger partial charge in [-0.1, -0.05) is 42.5 Å². The van der Waals surface area contributed by atoms with E-state index in [9.17, 15) is 9.59 Å². The molecule has 0 bridgehead atoms. The number of carbonyl (C=O) groups excluding carboxylic acids is 2. The lowest BCUT2D eigenvalue weighted by molar-refractivity contribution is -0.119. The summed E-state index contributed by atoms with van der Waals surface area (Å²) in [7, 11) is 0. The molecule has 2 aromatic carbocycles. The van der Waals surface area contributed by atoms with Crippen LogP contribution in [0.2, 0.25) is 0 Å². The third kappa shape index (κ3) is 4.46. The summed E-state index contributed by atoms with van der Waals surface area (Å²) in [5, 5.41) is 8.26. The number of benzene rings is 2. The van der Waals surface area contributed by atoms with Gasteiger partial charge in [-0.05, 0) is 37.5 Å². The molecule has 0 unspecified atom stereocenters. The van der Waals surface area contributed by atoms with Crippen LogP contribution in [0.4, 0.5) is 5.13 Å². The molecule has 5 nitrogen and oxygen atoms in total. The zero-order chi connectivity index (χ0) is 20.3. The molecule has 0 radical (unpaired) electrons. The van der Waals surface area contributed by atoms with Crippen molar-refractivity contribution in [3.8, 4) is 11.3 Å². The van der Waals surface area contributed by atoms with Crippen molar-refractivity contribution < 1.29 is 9.59 Å². The van der Waals surface area contributed by atoms with Crippen LogP contribution < -0.4 is 10.6 Å². The van der Waals surface area contributed by atoms with Gasteiger partial charge in [0.1, 0.15) is 0 Å². The molecule has 0 aliphatic heterocycles. The molecule has 3 aromatic rings. The smallest absolute Gasteiger partial charge is 0.257 e. The number of hydrogen-bond donors (Lipinski definition) is 2. The number of amides is 2. The molecule has 3 rings (SSSR count). The van der Waals surface area contributed by atoms with Crippen molar-refractivity contribution in [1.82, 2.24) is 10.3 Å². The lowest BCUT2D eigenvalue weighted by Gasteiger charge is -2.13. The second-order valence-corrected chi connectivity index (χ2v) is 7.66. The minimum absolute atomic E-state index is 0.0471. The Bertz CT molecular complexity index is 989. The molecule has 0 spiro atoms. The van der Waals surface area contributed by atoms with Gasteiger partial charge in [-0.15, -0.1) is 11.3 Å². The molecule has 0 aliphatic carbocycles. The fraction of sp³-hybridized carbons (Fsp3) is 0.227. The first-order valence-electron chi connectivity index (χ1n) is 9.05. The van der Waals surface area contributed by atoms with E-state index in [0.717, 1.165) is 27.9 Å². The average molecular weight is 394 g/mol. The SMILES string of the molecule is CC(=O)N[C@H](C)c1ccc(-c2csc(NC(=O)c3c(C)cccc3C)n2)cc1. The number of thiazole rings is 1. The van der Waals surface area contributed by atoms with Crippen LogP contribution in [0.3, 0.4) is 0 Å². The number of carbonyl (C=O) groups is 2. The Morgan fingerprint density at radius 1 is 1.04 bits per heavy atom. The van der Waals surface area contributed by atoms with Crippen molar-refractivity contribution in [2.24, 2.45) is 0 Å². The Morgan fingerprint density at radius 3 is 2.29 bits per heavy atom. The lowest BCUT2D eigenvalue weighted by atomic mass is 10.0. The number of rotatable bonds is 5. The fourth-order valence-corrected chi connectivity index (χ4v) is 3.84. The predicted molar refractivity (Wildman–Crippen MR) is 114 cm³/mol. The van der Waals surface area contributed by atoms with Crippen molar-refractivity contribution >= 4 is 28.3 Å². The van der Waals surface area contributed by atoms with Crippen molar-refractivity contribution in [2.45, 2.75) is 33.7 Å². The van der Waals surface area contributed by atoms with E-state index in [2.05, 4.69) is 15.6 Å². The molecule has 28 heavy (non-hydrogen) atoms. The van der Waals surface area contributed by atoms with Gasteiger partial charge in [0.05, 0.1) is 11.7 Å². The number of aryl methyl sites for hydroxylation is 2. The van der Waals surface area contributed by atoms with E-state index in [4.69, 9.17) is 0 Å². The number of hydrogen-bond acceptors (Lipinski definition) is 4. The van der Waals surface area contributed by atoms with Crippen LogP contribution in [0.1, 0.15) is 46.9 Å². The van der Waals surface area contributed by atoms with Crippen LogP contribution in [-0.2, 0) is 4.79 Å². The van der Waals surface area contributed by atoms with E-state index in [1.54, 1.807) is 0 Å². The minimum atomic E-state index is -0.143. The first-order valence-corrected chi connectivity index (χ1v) is 9.93. The molecule has 0 fully saturated rings. The van der Waals surface area contributed by atoms with Crippen molar-refractivity contribution in [1.29, 1.82) is 0 Å². The second-order valence-electron chi connectivity index (χ2n) is 6.80. The van der Waals surface area contributed by atoms with Crippen molar-refractivity contribution in [2.75, 3.05) is 5.32 Å². The summed E-state index contributed by atoms with van der Waals surface area (Å²) >= 11 is 1.40. The second kappa shape index (κ2) is 8.35. The Balaban J connectivity index is 1.73. The lowest BCUT2D eigenvalue weighted by Crippen LogP contribution is -2.23. The standard InChI is InChI=1S/C22H23N3O2S/c1-13-6-5-7-14(2)20(13)21(27)25-22-24-19(12-28-22)18-10-8-17(9-11-18)15(3)23-16(4)26/h5-12,15H,1-4H3,(H,23,26)(H,24,25,27)/t15-/m1/s1. The predicted octanol–water partition coefficient (Wildman–Crippen LogP) is 4.88. The van der Waals surface area contributed by atoms with Gasteiger partial charge in [0, 0.05) is 23.4 Å². The molecular weight excluding hydrogens is 370 g/mol. The van der Waals surface area contributed by atoms with E-state index < -0.39 is 0 Å². The molecule has 0 aliphatic rings. The van der Waals surface area contributed by atoms with Gasteiger partial charge in [-0.25, -0.2) is 4.98 Å². The highest BCUT2D eigenvalue weighted by Crippen LogP contribution is 2.27. The van der Waals surface area contributed by atoms with E-state index in [1.807, 2.05) is 68.6 Å². The normalized spacial score (nSPS) is 11.7. The average Bonchev–Trinajstić information content (AvgIpc) is 3.09. The first kappa shape index (κ1) is 19.8. The zero-order valence-electron chi connectivity index (χ0n) is 16.4. The molecular formula is C22H23N3O2S. The van der Waals surface area contributed by atoms with Crippen molar-refractivity contribution in [3.05, 3.63) is 70.1 Å². The van der Waals surface area contributed by atoms with Crippen LogP contribution in [0.25, 0.3) is 11.3 Å². The van der Waals surface area contributed by atoms with Crippen LogP contribution >= 0.6 is 11.3 Å². The third-order valence-electron chi connectivity index (χ3n) is 4.56. The molecule has 2 N–H and O–H groups in total. The number of aromatic nitrogens is 1. The van der Waals surface area contributed by atoms with Crippen molar-refractivity contribution in [3.63, 3.8) is 0 Å². The highest BCUT2D eigenvalue weighted by Gasteiger charge is 2.14. The molecule has 2 amide bonds. The largest absolute Gasteiger partial charge is 0.350 e. The van der Waals surface area contributed by atoms with Gasteiger partial charge in [0.2, 0.25) is 5.91 Å². The maximum atomic E-state index is 12.6. The molecule has 6 heteroatoms. The molecule has 1 atom stereocenters. The van der Waals surface area contributed by atoms with Gasteiger partial charge in [-0.2, -0.15) is 0 Å². The van der Waals surface area contributed by atoms with Gasteiger partial charge in [-0.3, -0.25) is 14.9 Å².